The van der Waals surface area contributed by atoms with Crippen LogP contribution in [-0.4, -0.2) is 29.4 Å². The number of nitro groups is 1. The van der Waals surface area contributed by atoms with Gasteiger partial charge in [-0.25, -0.2) is 18.1 Å². The molecule has 10 heteroatoms. The molecule has 0 atom stereocenters. The van der Waals surface area contributed by atoms with E-state index in [0.29, 0.717) is 6.54 Å². The molecule has 21 heavy (non-hydrogen) atoms. The zero-order valence-electron chi connectivity index (χ0n) is 10.6. The van der Waals surface area contributed by atoms with Gasteiger partial charge in [-0.3, -0.25) is 10.1 Å². The molecule has 1 aromatic carbocycles. The van der Waals surface area contributed by atoms with Crippen molar-refractivity contribution in [2.75, 3.05) is 6.54 Å². The van der Waals surface area contributed by atoms with E-state index < -0.39 is 31.3 Å². The molecule has 0 aliphatic carbocycles. The Morgan fingerprint density at radius 1 is 1.43 bits per heavy atom. The van der Waals surface area contributed by atoms with E-state index in [2.05, 4.69) is 9.71 Å². The van der Waals surface area contributed by atoms with Gasteiger partial charge < -0.3 is 4.57 Å². The molecule has 0 amide bonds. The minimum absolute atomic E-state index is 0.00758. The van der Waals surface area contributed by atoms with Crippen molar-refractivity contribution < 1.29 is 17.7 Å². The molecule has 0 fully saturated rings. The molecule has 112 valence electrons. The van der Waals surface area contributed by atoms with Gasteiger partial charge in [0.25, 0.3) is 0 Å². The summed E-state index contributed by atoms with van der Waals surface area (Å²) < 4.78 is 41.3. The van der Waals surface area contributed by atoms with Gasteiger partial charge in [0.2, 0.25) is 15.8 Å². The molecule has 0 saturated heterocycles. The number of rotatable bonds is 6. The molecule has 0 spiro atoms. The van der Waals surface area contributed by atoms with Crippen molar-refractivity contribution in [3.8, 4) is 0 Å². The fraction of sp³-hybridized carbons (Fsp3) is 0.182. The fourth-order valence-electron chi connectivity index (χ4n) is 1.70. The summed E-state index contributed by atoms with van der Waals surface area (Å²) >= 11 is 0. The summed E-state index contributed by atoms with van der Waals surface area (Å²) in [6.07, 6.45) is 4.67. The number of hydrogen-bond donors (Lipinski definition) is 1. The zero-order valence-corrected chi connectivity index (χ0v) is 11.5. The molecule has 0 aliphatic rings. The molecule has 1 N–H and O–H groups in total. The Balaban J connectivity index is 2.20. The van der Waals surface area contributed by atoms with Gasteiger partial charge in [-0.15, -0.1) is 0 Å². The maximum Gasteiger partial charge on any atom is 0.324 e. The largest absolute Gasteiger partial charge is 0.336 e. The number of para-hydroxylation sites is 1. The second-order valence-corrected chi connectivity index (χ2v) is 5.78. The summed E-state index contributed by atoms with van der Waals surface area (Å²) in [7, 11) is -4.18. The van der Waals surface area contributed by atoms with Crippen LogP contribution < -0.4 is 4.72 Å². The van der Waals surface area contributed by atoms with E-state index in [4.69, 9.17) is 0 Å². The summed E-state index contributed by atoms with van der Waals surface area (Å²) in [6, 6.07) is 2.93. The number of nitrogens with one attached hydrogen (secondary N) is 1. The van der Waals surface area contributed by atoms with Crippen LogP contribution in [0.4, 0.5) is 10.1 Å². The third kappa shape index (κ3) is 3.41. The van der Waals surface area contributed by atoms with Crippen LogP contribution in [0.5, 0.6) is 0 Å². The van der Waals surface area contributed by atoms with E-state index in [1.807, 2.05) is 0 Å². The molecular formula is C11H11FN4O4S. The van der Waals surface area contributed by atoms with Crippen LogP contribution in [0, 0.1) is 15.9 Å². The summed E-state index contributed by atoms with van der Waals surface area (Å²) in [6.45, 7) is 0.286. The van der Waals surface area contributed by atoms with Gasteiger partial charge in [0.05, 0.1) is 11.3 Å². The Morgan fingerprint density at radius 3 is 2.81 bits per heavy atom. The Hall–Kier alpha value is -2.33. The topological polar surface area (TPSA) is 107 Å². The van der Waals surface area contributed by atoms with Gasteiger partial charge in [-0.2, -0.15) is 4.39 Å². The molecule has 0 saturated carbocycles. The number of benzene rings is 1. The summed E-state index contributed by atoms with van der Waals surface area (Å²) in [5, 5.41) is 10.8. The highest BCUT2D eigenvalue weighted by Crippen LogP contribution is 2.26. The molecular weight excluding hydrogens is 303 g/mol. The molecule has 1 heterocycles. The average Bonchev–Trinajstić information content (AvgIpc) is 2.91. The first-order valence-electron chi connectivity index (χ1n) is 5.80. The molecule has 2 rings (SSSR count). The summed E-state index contributed by atoms with van der Waals surface area (Å²) in [4.78, 5) is 12.8. The van der Waals surface area contributed by atoms with Crippen LogP contribution >= 0.6 is 0 Å². The number of halogens is 1. The summed E-state index contributed by atoms with van der Waals surface area (Å²) in [5.74, 6) is -1.20. The SMILES string of the molecule is O=[N+]([O-])c1c(F)cccc1S(=O)(=O)NCCn1ccnc1. The van der Waals surface area contributed by atoms with Crippen LogP contribution in [0.1, 0.15) is 0 Å². The number of nitro benzene ring substituents is 1. The molecule has 0 bridgehead atoms. The van der Waals surface area contributed by atoms with Gasteiger partial charge in [0, 0.05) is 25.5 Å². The maximum absolute atomic E-state index is 13.4. The lowest BCUT2D eigenvalue weighted by atomic mass is 10.3. The van der Waals surface area contributed by atoms with Crippen molar-refractivity contribution in [3.05, 3.63) is 52.9 Å². The van der Waals surface area contributed by atoms with E-state index in [0.717, 1.165) is 18.2 Å². The molecule has 2 aromatic rings. The number of hydrogen-bond acceptors (Lipinski definition) is 5. The summed E-state index contributed by atoms with van der Waals surface area (Å²) in [5.41, 5.74) is -1.06. The van der Waals surface area contributed by atoms with Crippen molar-refractivity contribution >= 4 is 15.7 Å². The van der Waals surface area contributed by atoms with E-state index in [9.17, 15) is 22.9 Å². The Morgan fingerprint density at radius 2 is 2.19 bits per heavy atom. The average molecular weight is 314 g/mol. The Kier molecular flexibility index (Phi) is 4.29. The van der Waals surface area contributed by atoms with E-state index in [-0.39, 0.29) is 6.54 Å². The number of imidazole rings is 1. The van der Waals surface area contributed by atoms with E-state index in [1.165, 1.54) is 12.5 Å². The van der Waals surface area contributed by atoms with Crippen molar-refractivity contribution in [1.82, 2.24) is 14.3 Å². The van der Waals surface area contributed by atoms with Crippen LogP contribution in [0.2, 0.25) is 0 Å². The second kappa shape index (κ2) is 5.97. The lowest BCUT2D eigenvalue weighted by molar-refractivity contribution is -0.390. The first kappa shape index (κ1) is 15.1. The van der Waals surface area contributed by atoms with Crippen LogP contribution in [0.25, 0.3) is 0 Å². The highest BCUT2D eigenvalue weighted by Gasteiger charge is 2.28. The lowest BCUT2D eigenvalue weighted by Gasteiger charge is -2.08. The van der Waals surface area contributed by atoms with Gasteiger partial charge in [0.1, 0.15) is 0 Å². The minimum Gasteiger partial charge on any atom is -0.336 e. The fourth-order valence-corrected chi connectivity index (χ4v) is 2.90. The smallest absolute Gasteiger partial charge is 0.324 e. The lowest BCUT2D eigenvalue weighted by Crippen LogP contribution is -2.28. The van der Waals surface area contributed by atoms with Crippen molar-refractivity contribution in [2.45, 2.75) is 11.4 Å². The molecule has 0 unspecified atom stereocenters. The van der Waals surface area contributed by atoms with Crippen molar-refractivity contribution in [2.24, 2.45) is 0 Å². The number of nitrogens with zero attached hydrogens (tertiary/aromatic N) is 3. The monoisotopic (exact) mass is 314 g/mol. The second-order valence-electron chi connectivity index (χ2n) is 4.04. The first-order chi connectivity index (χ1) is 9.92. The van der Waals surface area contributed by atoms with Gasteiger partial charge in [-0.05, 0) is 12.1 Å². The van der Waals surface area contributed by atoms with Gasteiger partial charge >= 0.3 is 5.69 Å². The Bertz CT molecular complexity index is 746. The quantitative estimate of drug-likeness (QED) is 0.630. The van der Waals surface area contributed by atoms with Gasteiger partial charge in [0.15, 0.2) is 4.90 Å². The van der Waals surface area contributed by atoms with Crippen molar-refractivity contribution in [1.29, 1.82) is 0 Å². The van der Waals surface area contributed by atoms with Crippen molar-refractivity contribution in [3.63, 3.8) is 0 Å². The number of aromatic nitrogens is 2. The highest BCUT2D eigenvalue weighted by atomic mass is 32.2. The third-order valence-corrected chi connectivity index (χ3v) is 4.14. The highest BCUT2D eigenvalue weighted by molar-refractivity contribution is 7.89. The van der Waals surface area contributed by atoms with E-state index >= 15 is 0 Å². The number of sulfonamides is 1. The Labute approximate surface area is 119 Å². The zero-order chi connectivity index (χ0) is 15.5. The predicted molar refractivity (Wildman–Crippen MR) is 70.5 cm³/mol. The molecule has 8 nitrogen and oxygen atoms in total. The van der Waals surface area contributed by atoms with Crippen LogP contribution in [-0.2, 0) is 16.6 Å². The van der Waals surface area contributed by atoms with Crippen LogP contribution in [0.15, 0.2) is 41.8 Å². The maximum atomic E-state index is 13.4. The minimum atomic E-state index is -4.18. The van der Waals surface area contributed by atoms with Crippen LogP contribution in [0.3, 0.4) is 0 Å². The first-order valence-corrected chi connectivity index (χ1v) is 7.28. The van der Waals surface area contributed by atoms with E-state index in [1.54, 1.807) is 10.8 Å². The molecule has 0 radical (unpaired) electrons. The van der Waals surface area contributed by atoms with Gasteiger partial charge in [-0.1, -0.05) is 6.07 Å². The molecule has 0 aliphatic heterocycles. The normalized spacial score (nSPS) is 11.5. The third-order valence-electron chi connectivity index (χ3n) is 2.64. The predicted octanol–water partition coefficient (Wildman–Crippen LogP) is 0.909. The standard InChI is InChI=1S/C11H11FN4O4S/c12-9-2-1-3-10(11(9)16(17)18)21(19,20)14-5-7-15-6-4-13-8-15/h1-4,6,8,14H,5,7H2. The molecule has 1 aromatic heterocycles.